The number of nitrogens with zero attached hydrogens (tertiary/aromatic N) is 1. The molecule has 1 rings (SSSR count). The normalized spacial score (nSPS) is 10.9. The van der Waals surface area contributed by atoms with Gasteiger partial charge in [0.2, 0.25) is 0 Å². The molecule has 0 heterocycles. The summed E-state index contributed by atoms with van der Waals surface area (Å²) in [7, 11) is 0. The van der Waals surface area contributed by atoms with Crippen molar-refractivity contribution in [3.63, 3.8) is 0 Å². The second-order valence-corrected chi connectivity index (χ2v) is 2.61. The zero-order valence-corrected chi connectivity index (χ0v) is 6.67. The van der Waals surface area contributed by atoms with Crippen LogP contribution in [0, 0.1) is 11.3 Å². The lowest BCUT2D eigenvalue weighted by molar-refractivity contribution is 0.500. The molecule has 0 atom stereocenters. The van der Waals surface area contributed by atoms with Gasteiger partial charge in [0, 0.05) is 0 Å². The maximum Gasteiger partial charge on any atom is 0.509 e. The molecule has 0 fully saturated rings. The predicted molar refractivity (Wildman–Crippen MR) is 44.5 cm³/mol. The van der Waals surface area contributed by atoms with E-state index in [1.54, 1.807) is 6.07 Å². The molecule has 1 nitrogen and oxygen atoms in total. The minimum Gasteiger partial charge on any atom is -0.445 e. The molecule has 1 aromatic rings. The van der Waals surface area contributed by atoms with Crippen molar-refractivity contribution in [2.75, 3.05) is 0 Å². The summed E-state index contributed by atoms with van der Waals surface area (Å²) in [6.45, 7) is -5.00. The van der Waals surface area contributed by atoms with Gasteiger partial charge in [-0.25, -0.2) is 0 Å². The summed E-state index contributed by atoms with van der Waals surface area (Å²) >= 11 is 0. The first-order valence-electron chi connectivity index (χ1n) is 3.70. The van der Waals surface area contributed by atoms with Crippen LogP contribution in [0.1, 0.15) is 5.56 Å². The molecule has 0 saturated carbocycles. The lowest BCUT2D eigenvalue weighted by Gasteiger charge is -2.17. The van der Waals surface area contributed by atoms with Crippen molar-refractivity contribution in [3.05, 3.63) is 29.8 Å². The molecule has 5 heteroatoms. The Balaban J connectivity index is 3.14. The molecule has 0 aliphatic heterocycles. The summed E-state index contributed by atoms with van der Waals surface area (Å²) in [6.07, 6.45) is -0.197. The van der Waals surface area contributed by atoms with Crippen LogP contribution < -0.4 is 5.46 Å². The standard InChI is InChI=1S/C8H6BF3N/c10-9(11,12)8-4-2-1-3-7(8)5-6-13/h1-4H,5H2/q-1. The van der Waals surface area contributed by atoms with Crippen LogP contribution in [-0.4, -0.2) is 6.98 Å². The molecule has 0 amide bonds. The average molecular weight is 184 g/mol. The maximum absolute atomic E-state index is 12.3. The highest BCUT2D eigenvalue weighted by molar-refractivity contribution is 6.74. The Labute approximate surface area is 73.9 Å². The molecule has 0 N–H and O–H groups in total. The number of rotatable bonds is 2. The third kappa shape index (κ3) is 2.25. The van der Waals surface area contributed by atoms with Gasteiger partial charge in [-0.2, -0.15) is 5.26 Å². The van der Waals surface area contributed by atoms with Crippen LogP contribution in [0.4, 0.5) is 12.9 Å². The van der Waals surface area contributed by atoms with Crippen LogP contribution in [0.25, 0.3) is 0 Å². The van der Waals surface area contributed by atoms with Crippen molar-refractivity contribution in [1.29, 1.82) is 5.26 Å². The van der Waals surface area contributed by atoms with Crippen LogP contribution >= 0.6 is 0 Å². The molecule has 0 aliphatic rings. The molecule has 0 bridgehead atoms. The number of nitriles is 1. The summed E-state index contributed by atoms with van der Waals surface area (Å²) in [5.74, 6) is 0. The van der Waals surface area contributed by atoms with Gasteiger partial charge in [0.05, 0.1) is 12.5 Å². The smallest absolute Gasteiger partial charge is 0.445 e. The van der Waals surface area contributed by atoms with Gasteiger partial charge >= 0.3 is 6.98 Å². The SMILES string of the molecule is N#CCc1ccccc1[B-](F)(F)F. The topological polar surface area (TPSA) is 23.8 Å². The lowest BCUT2D eigenvalue weighted by atomic mass is 9.76. The Morgan fingerprint density at radius 2 is 1.85 bits per heavy atom. The van der Waals surface area contributed by atoms with E-state index in [0.29, 0.717) is 0 Å². The van der Waals surface area contributed by atoms with Crippen LogP contribution in [0.15, 0.2) is 24.3 Å². The minimum absolute atomic E-state index is 0.0532. The highest BCUT2D eigenvalue weighted by atomic mass is 19.4. The first kappa shape index (κ1) is 9.65. The van der Waals surface area contributed by atoms with Gasteiger partial charge in [0.25, 0.3) is 0 Å². The molecule has 0 spiro atoms. The molecule has 1 aromatic carbocycles. The Kier molecular flexibility index (Phi) is 2.62. The Morgan fingerprint density at radius 1 is 1.23 bits per heavy atom. The van der Waals surface area contributed by atoms with Crippen molar-refractivity contribution in [1.82, 2.24) is 0 Å². The predicted octanol–water partition coefficient (Wildman–Crippen LogP) is 1.81. The zero-order valence-electron chi connectivity index (χ0n) is 6.67. The van der Waals surface area contributed by atoms with E-state index in [4.69, 9.17) is 5.26 Å². The quantitative estimate of drug-likeness (QED) is 0.642. The van der Waals surface area contributed by atoms with E-state index in [-0.39, 0.29) is 12.0 Å². The van der Waals surface area contributed by atoms with Gasteiger partial charge < -0.3 is 12.9 Å². The van der Waals surface area contributed by atoms with E-state index in [2.05, 4.69) is 0 Å². The van der Waals surface area contributed by atoms with Crippen molar-refractivity contribution in [3.8, 4) is 6.07 Å². The monoisotopic (exact) mass is 184 g/mol. The summed E-state index contributed by atoms with van der Waals surface area (Å²) in [4.78, 5) is 0. The molecular formula is C8H6BF3N-. The fourth-order valence-electron chi connectivity index (χ4n) is 1.10. The van der Waals surface area contributed by atoms with E-state index in [0.717, 1.165) is 6.07 Å². The van der Waals surface area contributed by atoms with E-state index < -0.39 is 12.4 Å². The summed E-state index contributed by atoms with van der Waals surface area (Å²) in [5, 5.41) is 8.30. The second kappa shape index (κ2) is 3.52. The van der Waals surface area contributed by atoms with Gasteiger partial charge in [-0.3, -0.25) is 0 Å². The number of halogens is 3. The van der Waals surface area contributed by atoms with Crippen molar-refractivity contribution in [2.45, 2.75) is 6.42 Å². The molecule has 0 aromatic heterocycles. The Hall–Kier alpha value is -1.44. The van der Waals surface area contributed by atoms with Crippen molar-refractivity contribution in [2.24, 2.45) is 0 Å². The Morgan fingerprint density at radius 3 is 2.38 bits per heavy atom. The van der Waals surface area contributed by atoms with Gasteiger partial charge in [-0.05, 0) is 0 Å². The molecule has 0 saturated heterocycles. The largest absolute Gasteiger partial charge is 0.509 e. The summed E-state index contributed by atoms with van der Waals surface area (Å²) in [5.41, 5.74) is -0.610. The maximum atomic E-state index is 12.3. The van der Waals surface area contributed by atoms with Crippen molar-refractivity contribution >= 4 is 12.4 Å². The van der Waals surface area contributed by atoms with Gasteiger partial charge in [0.1, 0.15) is 0 Å². The zero-order chi connectivity index (χ0) is 9.90. The van der Waals surface area contributed by atoms with E-state index >= 15 is 0 Å². The highest BCUT2D eigenvalue weighted by Gasteiger charge is 2.27. The average Bonchev–Trinajstić information content (AvgIpc) is 2.04. The second-order valence-electron chi connectivity index (χ2n) is 2.61. The first-order valence-corrected chi connectivity index (χ1v) is 3.70. The van der Waals surface area contributed by atoms with Crippen LogP contribution in [-0.2, 0) is 6.42 Å². The number of hydrogen-bond donors (Lipinski definition) is 0. The van der Waals surface area contributed by atoms with E-state index in [1.165, 1.54) is 18.2 Å². The fourth-order valence-corrected chi connectivity index (χ4v) is 1.10. The van der Waals surface area contributed by atoms with Crippen LogP contribution in [0.5, 0.6) is 0 Å². The van der Waals surface area contributed by atoms with Crippen LogP contribution in [0.2, 0.25) is 0 Å². The number of benzene rings is 1. The summed E-state index contributed by atoms with van der Waals surface area (Å²) in [6, 6.07) is 6.86. The van der Waals surface area contributed by atoms with Gasteiger partial charge in [-0.15, -0.1) is 5.46 Å². The molecular weight excluding hydrogens is 178 g/mol. The third-order valence-electron chi connectivity index (χ3n) is 1.68. The van der Waals surface area contributed by atoms with Gasteiger partial charge in [-0.1, -0.05) is 29.8 Å². The van der Waals surface area contributed by atoms with E-state index in [1.807, 2.05) is 0 Å². The van der Waals surface area contributed by atoms with Crippen LogP contribution in [0.3, 0.4) is 0 Å². The van der Waals surface area contributed by atoms with Crippen molar-refractivity contribution < 1.29 is 12.9 Å². The molecule has 0 unspecified atom stereocenters. The Bertz CT molecular complexity index is 340. The molecule has 0 aliphatic carbocycles. The molecule has 13 heavy (non-hydrogen) atoms. The van der Waals surface area contributed by atoms with Gasteiger partial charge in [0.15, 0.2) is 0 Å². The fraction of sp³-hybridized carbons (Fsp3) is 0.125. The lowest BCUT2D eigenvalue weighted by Crippen LogP contribution is -2.36. The molecule has 0 radical (unpaired) electrons. The minimum atomic E-state index is -5.00. The molecule has 68 valence electrons. The highest BCUT2D eigenvalue weighted by Crippen LogP contribution is 2.12. The van der Waals surface area contributed by atoms with E-state index in [9.17, 15) is 12.9 Å². The first-order chi connectivity index (χ1) is 6.05. The third-order valence-corrected chi connectivity index (χ3v) is 1.68. The number of hydrogen-bond acceptors (Lipinski definition) is 1. The summed E-state index contributed by atoms with van der Waals surface area (Å²) < 4.78 is 37.0.